The van der Waals surface area contributed by atoms with E-state index in [9.17, 15) is 18.0 Å². The molecule has 3 rings (SSSR count). The van der Waals surface area contributed by atoms with Gasteiger partial charge in [-0.3, -0.25) is 10.2 Å². The van der Waals surface area contributed by atoms with Gasteiger partial charge in [0.05, 0.1) is 6.61 Å². The number of fused-ring (bicyclic) bond motifs is 1. The summed E-state index contributed by atoms with van der Waals surface area (Å²) in [6, 6.07) is 8.02. The number of amides is 1. The third kappa shape index (κ3) is 3.94. The zero-order valence-corrected chi connectivity index (χ0v) is 16.3. The fourth-order valence-electron chi connectivity index (χ4n) is 3.68. The third-order valence-corrected chi connectivity index (χ3v) is 5.02. The quantitative estimate of drug-likeness (QED) is 0.690. The number of nitrogens with one attached hydrogen (secondary N) is 1. The number of hydrogen-bond donors (Lipinski definition) is 1. The van der Waals surface area contributed by atoms with E-state index in [0.717, 1.165) is 17.9 Å². The topological polar surface area (TPSA) is 41.6 Å². The van der Waals surface area contributed by atoms with Crippen LogP contribution in [0.3, 0.4) is 0 Å². The minimum absolute atomic E-state index is 0.00965. The number of benzene rings is 2. The molecule has 4 nitrogen and oxygen atoms in total. The van der Waals surface area contributed by atoms with Crippen LogP contribution in [0.2, 0.25) is 0 Å². The van der Waals surface area contributed by atoms with Gasteiger partial charge in [-0.1, -0.05) is 43.7 Å². The van der Waals surface area contributed by atoms with Crippen LogP contribution in [0.25, 0.3) is 10.8 Å². The van der Waals surface area contributed by atoms with E-state index in [1.807, 2.05) is 6.92 Å². The molecule has 1 amide bonds. The number of unbranched alkanes of at least 4 members (excludes halogenated alkanes) is 1. The number of halogens is 3. The minimum atomic E-state index is -4.57. The number of nitrogens with zero attached hydrogens (tertiary/aromatic N) is 1. The highest BCUT2D eigenvalue weighted by molar-refractivity contribution is 5.91. The largest absolute Gasteiger partial charge is 0.493 e. The Morgan fingerprint density at radius 1 is 1.18 bits per heavy atom. The summed E-state index contributed by atoms with van der Waals surface area (Å²) in [5.74, 6) is 0.154. The van der Waals surface area contributed by atoms with Crippen LogP contribution < -0.4 is 10.2 Å². The van der Waals surface area contributed by atoms with Crippen LogP contribution in [-0.4, -0.2) is 29.2 Å². The van der Waals surface area contributed by atoms with Gasteiger partial charge in [0.25, 0.3) is 0 Å². The fraction of sp³-hybridized carbons (Fsp3) is 0.476. The first-order valence-electron chi connectivity index (χ1n) is 9.45. The lowest BCUT2D eigenvalue weighted by atomic mass is 9.93. The molecule has 1 aliphatic heterocycles. The zero-order valence-electron chi connectivity index (χ0n) is 16.3. The molecule has 0 aliphatic carbocycles. The smallest absolute Gasteiger partial charge is 0.409 e. The second kappa shape index (κ2) is 7.62. The van der Waals surface area contributed by atoms with Gasteiger partial charge in [-0.25, -0.2) is 0 Å². The van der Waals surface area contributed by atoms with Crippen LogP contribution in [0.4, 0.5) is 13.2 Å². The summed E-state index contributed by atoms with van der Waals surface area (Å²) in [6.45, 7) is 5.82. The SMILES string of the molecule is CCCCOc1cccc2c(C(N3NC(=O)CC3(C)C)C(F)(F)F)cccc12. The van der Waals surface area contributed by atoms with Crippen molar-refractivity contribution in [2.75, 3.05) is 6.61 Å². The number of ether oxygens (including phenoxy) is 1. The van der Waals surface area contributed by atoms with Crippen LogP contribution in [0, 0.1) is 0 Å². The third-order valence-electron chi connectivity index (χ3n) is 5.02. The molecule has 7 heteroatoms. The van der Waals surface area contributed by atoms with Gasteiger partial charge in [0, 0.05) is 17.3 Å². The Kier molecular flexibility index (Phi) is 5.57. The van der Waals surface area contributed by atoms with Crippen molar-refractivity contribution in [3.05, 3.63) is 42.0 Å². The summed E-state index contributed by atoms with van der Waals surface area (Å²) in [5.41, 5.74) is 1.55. The Labute approximate surface area is 162 Å². The minimum Gasteiger partial charge on any atom is -0.493 e. The Hall–Kier alpha value is -2.28. The van der Waals surface area contributed by atoms with Crippen molar-refractivity contribution in [2.24, 2.45) is 0 Å². The maximum atomic E-state index is 14.2. The lowest BCUT2D eigenvalue weighted by Crippen LogP contribution is -2.51. The Morgan fingerprint density at radius 2 is 1.86 bits per heavy atom. The van der Waals surface area contributed by atoms with Crippen molar-refractivity contribution >= 4 is 16.7 Å². The summed E-state index contributed by atoms with van der Waals surface area (Å²) >= 11 is 0. The van der Waals surface area contributed by atoms with E-state index in [1.54, 1.807) is 44.2 Å². The molecule has 1 fully saturated rings. The molecular weight excluding hydrogens is 369 g/mol. The molecule has 0 aromatic heterocycles. The van der Waals surface area contributed by atoms with E-state index in [2.05, 4.69) is 5.43 Å². The molecule has 1 saturated heterocycles. The normalized spacial score (nSPS) is 18.3. The van der Waals surface area contributed by atoms with Crippen LogP contribution in [0.1, 0.15) is 51.6 Å². The van der Waals surface area contributed by atoms with Gasteiger partial charge in [-0.15, -0.1) is 0 Å². The molecule has 2 aromatic carbocycles. The average molecular weight is 394 g/mol. The average Bonchev–Trinajstić information content (AvgIpc) is 2.86. The standard InChI is InChI=1S/C21H25F3N2O2/c1-4-5-12-28-17-11-7-8-14-15(17)9-6-10-16(14)19(21(22,23)24)26-20(2,3)13-18(27)25-26/h6-11,19H,4-5,12-13H2,1-3H3,(H,25,27). The molecule has 1 N–H and O–H groups in total. The number of rotatable bonds is 6. The molecule has 0 saturated carbocycles. The Morgan fingerprint density at radius 3 is 2.46 bits per heavy atom. The molecule has 0 spiro atoms. The van der Waals surface area contributed by atoms with Gasteiger partial charge in [0.1, 0.15) is 5.75 Å². The van der Waals surface area contributed by atoms with Gasteiger partial charge < -0.3 is 4.74 Å². The van der Waals surface area contributed by atoms with Crippen molar-refractivity contribution in [3.63, 3.8) is 0 Å². The first-order valence-corrected chi connectivity index (χ1v) is 9.45. The maximum Gasteiger partial charge on any atom is 0.409 e. The summed E-state index contributed by atoms with van der Waals surface area (Å²) in [6.07, 6.45) is -2.72. The molecule has 1 aliphatic rings. The van der Waals surface area contributed by atoms with Crippen molar-refractivity contribution in [3.8, 4) is 5.75 Å². The summed E-state index contributed by atoms with van der Waals surface area (Å²) in [7, 11) is 0. The number of hydrazine groups is 1. The second-order valence-corrected chi connectivity index (χ2v) is 7.74. The monoisotopic (exact) mass is 394 g/mol. The van der Waals surface area contributed by atoms with Gasteiger partial charge in [-0.2, -0.15) is 18.2 Å². The summed E-state index contributed by atoms with van der Waals surface area (Å²) in [5, 5.41) is 2.14. The lowest BCUT2D eigenvalue weighted by Gasteiger charge is -2.38. The van der Waals surface area contributed by atoms with E-state index in [4.69, 9.17) is 4.74 Å². The van der Waals surface area contributed by atoms with Gasteiger partial charge in [0.15, 0.2) is 6.04 Å². The number of carbonyl (C=O) groups excluding carboxylic acids is 1. The van der Waals surface area contributed by atoms with Crippen LogP contribution in [0.15, 0.2) is 36.4 Å². The molecule has 152 valence electrons. The molecule has 1 atom stereocenters. The number of hydrogen-bond acceptors (Lipinski definition) is 3. The van der Waals surface area contributed by atoms with E-state index < -0.39 is 23.7 Å². The van der Waals surface area contributed by atoms with Crippen molar-refractivity contribution in [2.45, 2.75) is 57.8 Å². The van der Waals surface area contributed by atoms with E-state index in [1.165, 1.54) is 6.07 Å². The fourth-order valence-corrected chi connectivity index (χ4v) is 3.68. The molecule has 1 unspecified atom stereocenters. The van der Waals surface area contributed by atoms with Crippen LogP contribution in [-0.2, 0) is 4.79 Å². The van der Waals surface area contributed by atoms with E-state index in [-0.39, 0.29) is 12.0 Å². The van der Waals surface area contributed by atoms with Crippen LogP contribution in [0.5, 0.6) is 5.75 Å². The molecule has 28 heavy (non-hydrogen) atoms. The summed E-state index contributed by atoms with van der Waals surface area (Å²) in [4.78, 5) is 11.9. The number of carbonyl (C=O) groups is 1. The lowest BCUT2D eigenvalue weighted by molar-refractivity contribution is -0.203. The Bertz CT molecular complexity index is 864. The molecule has 1 heterocycles. The highest BCUT2D eigenvalue weighted by Gasteiger charge is 2.53. The molecule has 2 aromatic rings. The Balaban J connectivity index is 2.11. The van der Waals surface area contributed by atoms with Gasteiger partial charge in [0.2, 0.25) is 5.91 Å². The van der Waals surface area contributed by atoms with Gasteiger partial charge >= 0.3 is 6.18 Å². The van der Waals surface area contributed by atoms with E-state index >= 15 is 0 Å². The van der Waals surface area contributed by atoms with Crippen molar-refractivity contribution in [1.82, 2.24) is 10.4 Å². The highest BCUT2D eigenvalue weighted by Crippen LogP contribution is 2.45. The van der Waals surface area contributed by atoms with Crippen molar-refractivity contribution in [1.29, 1.82) is 0 Å². The zero-order chi connectivity index (χ0) is 20.5. The second-order valence-electron chi connectivity index (χ2n) is 7.74. The highest BCUT2D eigenvalue weighted by atomic mass is 19.4. The first-order chi connectivity index (χ1) is 13.1. The summed E-state index contributed by atoms with van der Waals surface area (Å²) < 4.78 is 48.3. The van der Waals surface area contributed by atoms with Crippen LogP contribution >= 0.6 is 0 Å². The molecule has 0 bridgehead atoms. The van der Waals surface area contributed by atoms with Gasteiger partial charge in [-0.05, 0) is 37.3 Å². The van der Waals surface area contributed by atoms with E-state index in [0.29, 0.717) is 23.1 Å². The maximum absolute atomic E-state index is 14.2. The predicted molar refractivity (Wildman–Crippen MR) is 102 cm³/mol. The molecular formula is C21H25F3N2O2. The predicted octanol–water partition coefficient (Wildman–Crippen LogP) is 5.14. The number of alkyl halides is 3. The van der Waals surface area contributed by atoms with Crippen molar-refractivity contribution < 1.29 is 22.7 Å². The molecule has 0 radical (unpaired) electrons. The first kappa shape index (κ1) is 20.5.